The molecule has 5 N–H and O–H groups in total. The zero-order chi connectivity index (χ0) is 28.8. The first-order valence-corrected chi connectivity index (χ1v) is 14.7. The van der Waals surface area contributed by atoms with E-state index in [2.05, 4.69) is 20.6 Å². The van der Waals surface area contributed by atoms with Crippen LogP contribution in [0.1, 0.15) is 47.5 Å². The zero-order valence-corrected chi connectivity index (χ0v) is 23.4. The van der Waals surface area contributed by atoms with Crippen LogP contribution in [0.5, 0.6) is 0 Å². The van der Waals surface area contributed by atoms with Crippen LogP contribution < -0.4 is 27.1 Å². The Balaban J connectivity index is 1.23. The predicted molar refractivity (Wildman–Crippen MR) is 155 cm³/mol. The highest BCUT2D eigenvalue weighted by atomic mass is 32.1. The predicted octanol–water partition coefficient (Wildman–Crippen LogP) is 2.16. The van der Waals surface area contributed by atoms with Gasteiger partial charge in [-0.25, -0.2) is 9.97 Å². The third kappa shape index (κ3) is 4.78. The van der Waals surface area contributed by atoms with Crippen LogP contribution in [0.3, 0.4) is 0 Å². The normalized spacial score (nSPS) is 19.5. The molecule has 218 valence electrons. The van der Waals surface area contributed by atoms with Gasteiger partial charge in [-0.2, -0.15) is 9.61 Å². The number of primary amides is 1. The van der Waals surface area contributed by atoms with E-state index >= 15 is 0 Å². The fourth-order valence-electron chi connectivity index (χ4n) is 5.64. The van der Waals surface area contributed by atoms with E-state index in [4.69, 9.17) is 30.1 Å². The number of carbonyl (C=O) groups is 1. The van der Waals surface area contributed by atoms with Gasteiger partial charge in [0.2, 0.25) is 11.4 Å². The summed E-state index contributed by atoms with van der Waals surface area (Å²) < 4.78 is 19.3. The van der Waals surface area contributed by atoms with E-state index in [1.807, 2.05) is 10.3 Å². The summed E-state index contributed by atoms with van der Waals surface area (Å²) in [6.07, 6.45) is 5.43. The Hall–Kier alpha value is -4.34. The Kier molecular flexibility index (Phi) is 6.84. The molecule has 6 heterocycles. The lowest BCUT2D eigenvalue weighted by Crippen LogP contribution is -2.43. The van der Waals surface area contributed by atoms with Gasteiger partial charge in [0.1, 0.15) is 28.0 Å². The Morgan fingerprint density at radius 2 is 2.02 bits per heavy atom. The van der Waals surface area contributed by atoms with E-state index in [0.717, 1.165) is 25.7 Å². The van der Waals surface area contributed by atoms with Gasteiger partial charge < -0.3 is 35.4 Å². The highest BCUT2D eigenvalue weighted by Gasteiger charge is 2.27. The Bertz CT molecular complexity index is 1840. The largest absolute Gasteiger partial charge is 0.439 e. The number of thiophene rings is 1. The number of rotatable bonds is 7. The van der Waals surface area contributed by atoms with E-state index in [1.165, 1.54) is 28.2 Å². The van der Waals surface area contributed by atoms with Crippen LogP contribution in [-0.2, 0) is 11.2 Å². The lowest BCUT2D eigenvalue weighted by atomic mass is 9.91. The number of nitrogens with two attached hydrogens (primary N) is 2. The highest BCUT2D eigenvalue weighted by Crippen LogP contribution is 2.35. The number of morpholine rings is 1. The molecule has 2 fully saturated rings. The van der Waals surface area contributed by atoms with Gasteiger partial charge in [-0.05, 0) is 12.8 Å². The summed E-state index contributed by atoms with van der Waals surface area (Å²) in [5, 5.41) is 13.8. The molecule has 1 aliphatic heterocycles. The van der Waals surface area contributed by atoms with E-state index < -0.39 is 5.91 Å². The summed E-state index contributed by atoms with van der Waals surface area (Å²) in [6, 6.07) is 3.24. The van der Waals surface area contributed by atoms with Crippen LogP contribution in [0.2, 0.25) is 0 Å². The number of carbonyl (C=O) groups excluding carboxylic acids is 1. The van der Waals surface area contributed by atoms with Crippen molar-refractivity contribution in [2.24, 2.45) is 11.5 Å². The molecule has 0 radical (unpaired) electrons. The van der Waals surface area contributed by atoms with Gasteiger partial charge in [0.05, 0.1) is 30.9 Å². The molecule has 15 heteroatoms. The molecule has 42 heavy (non-hydrogen) atoms. The quantitative estimate of drug-likeness (QED) is 0.250. The van der Waals surface area contributed by atoms with Crippen molar-refractivity contribution in [1.82, 2.24) is 24.7 Å². The molecular formula is C27H29N9O5S. The van der Waals surface area contributed by atoms with Crippen molar-refractivity contribution in [2.45, 2.75) is 44.2 Å². The summed E-state index contributed by atoms with van der Waals surface area (Å²) in [6.45, 7) is 2.41. The van der Waals surface area contributed by atoms with E-state index in [-0.39, 0.29) is 29.5 Å². The topological polar surface area (TPSA) is 193 Å². The fraction of sp³-hybridized carbons (Fsp3) is 0.407. The number of nitrogens with zero attached hydrogens (tertiary/aromatic N) is 6. The SMILES string of the molecule is NC(=O)c1c(Cc2cc(-c3csc4c(=O)cc(N5CCOCC5)oc34)no2)nc(N[C@H]2CCCC[C@H]2N)n2ncnc12. The van der Waals surface area contributed by atoms with Crippen LogP contribution in [0.25, 0.3) is 27.2 Å². The van der Waals surface area contributed by atoms with E-state index in [1.54, 1.807) is 6.07 Å². The molecule has 1 saturated heterocycles. The molecule has 14 nitrogen and oxygen atoms in total. The van der Waals surface area contributed by atoms with Crippen LogP contribution in [0.15, 0.2) is 37.6 Å². The van der Waals surface area contributed by atoms with Gasteiger partial charge >= 0.3 is 0 Å². The van der Waals surface area contributed by atoms with Gasteiger partial charge in [0.25, 0.3) is 5.91 Å². The average molecular weight is 592 g/mol. The second kappa shape index (κ2) is 10.8. The number of aromatic nitrogens is 5. The summed E-state index contributed by atoms with van der Waals surface area (Å²) >= 11 is 1.29. The molecule has 5 aromatic rings. The first kappa shape index (κ1) is 26.6. The standard InChI is InChI=1S/C27H29N9O5S/c28-16-3-1-2-4-17(16)32-27-33-19(22(25(29)38)26-30-13-31-36(26)27)10-14-9-18(34-41-14)15-12-42-24-20(37)11-21(40-23(15)24)35-5-7-39-8-6-35/h9,11-13,16-17H,1-8,10,28H2,(H2,29,38)(H,32,33)/t16-,17+/m1/s1. The van der Waals surface area contributed by atoms with Crippen LogP contribution in [-0.4, -0.2) is 69.0 Å². The van der Waals surface area contributed by atoms with Crippen molar-refractivity contribution < 1.29 is 18.5 Å². The Labute approximate surface area is 242 Å². The van der Waals surface area contributed by atoms with Crippen LogP contribution in [0, 0.1) is 0 Å². The Morgan fingerprint density at radius 1 is 1.19 bits per heavy atom. The van der Waals surface area contributed by atoms with Gasteiger partial charge in [0.15, 0.2) is 17.1 Å². The van der Waals surface area contributed by atoms with Crippen LogP contribution in [0.4, 0.5) is 11.8 Å². The van der Waals surface area contributed by atoms with Crippen molar-refractivity contribution in [2.75, 3.05) is 36.5 Å². The zero-order valence-electron chi connectivity index (χ0n) is 22.6. The third-order valence-electron chi connectivity index (χ3n) is 7.81. The molecule has 5 aromatic heterocycles. The maximum absolute atomic E-state index is 12.9. The number of hydrogen-bond donors (Lipinski definition) is 3. The molecule has 7 rings (SSSR count). The fourth-order valence-corrected chi connectivity index (χ4v) is 6.54. The van der Waals surface area contributed by atoms with Crippen molar-refractivity contribution in [3.8, 4) is 11.3 Å². The second-order valence-electron chi connectivity index (χ2n) is 10.5. The third-order valence-corrected chi connectivity index (χ3v) is 8.79. The summed E-state index contributed by atoms with van der Waals surface area (Å²) in [4.78, 5) is 36.5. The maximum Gasteiger partial charge on any atom is 0.254 e. The molecule has 1 saturated carbocycles. The average Bonchev–Trinajstić information content (AvgIpc) is 3.75. The molecule has 1 aliphatic carbocycles. The summed E-state index contributed by atoms with van der Waals surface area (Å²) in [5.41, 5.74) is 14.4. The first-order chi connectivity index (χ1) is 20.5. The number of nitrogens with one attached hydrogen (secondary N) is 1. The van der Waals surface area contributed by atoms with E-state index in [9.17, 15) is 9.59 Å². The number of hydrogen-bond acceptors (Lipinski definition) is 13. The smallest absolute Gasteiger partial charge is 0.254 e. The lowest BCUT2D eigenvalue weighted by Gasteiger charge is -2.29. The minimum Gasteiger partial charge on any atom is -0.439 e. The van der Waals surface area contributed by atoms with Gasteiger partial charge in [0, 0.05) is 42.7 Å². The number of ether oxygens (including phenoxy) is 1. The molecule has 0 unspecified atom stereocenters. The molecule has 0 aromatic carbocycles. The van der Waals surface area contributed by atoms with Gasteiger partial charge in [-0.15, -0.1) is 11.3 Å². The van der Waals surface area contributed by atoms with E-state index in [0.29, 0.717) is 76.8 Å². The van der Waals surface area contributed by atoms with Crippen molar-refractivity contribution in [3.05, 3.63) is 51.1 Å². The summed E-state index contributed by atoms with van der Waals surface area (Å²) in [5.74, 6) is 0.673. The monoisotopic (exact) mass is 591 g/mol. The van der Waals surface area contributed by atoms with Crippen molar-refractivity contribution in [3.63, 3.8) is 0 Å². The molecule has 2 atom stereocenters. The van der Waals surface area contributed by atoms with Crippen molar-refractivity contribution >= 4 is 45.0 Å². The summed E-state index contributed by atoms with van der Waals surface area (Å²) in [7, 11) is 0. The van der Waals surface area contributed by atoms with Crippen LogP contribution >= 0.6 is 11.3 Å². The van der Waals surface area contributed by atoms with Crippen molar-refractivity contribution in [1.29, 1.82) is 0 Å². The number of anilines is 2. The lowest BCUT2D eigenvalue weighted by molar-refractivity contribution is 0.1000. The second-order valence-corrected chi connectivity index (χ2v) is 11.4. The molecule has 0 bridgehead atoms. The molecule has 2 aliphatic rings. The highest BCUT2D eigenvalue weighted by molar-refractivity contribution is 7.17. The molecular weight excluding hydrogens is 562 g/mol. The molecule has 1 amide bonds. The number of fused-ring (bicyclic) bond motifs is 2. The first-order valence-electron chi connectivity index (χ1n) is 13.8. The number of amides is 1. The maximum atomic E-state index is 12.9. The Morgan fingerprint density at radius 3 is 2.83 bits per heavy atom. The van der Waals surface area contributed by atoms with Gasteiger partial charge in [-0.1, -0.05) is 18.0 Å². The molecule has 0 spiro atoms. The minimum atomic E-state index is -0.683. The van der Waals surface area contributed by atoms with Gasteiger partial charge in [-0.3, -0.25) is 9.59 Å². The minimum absolute atomic E-state index is 0.00620.